The summed E-state index contributed by atoms with van der Waals surface area (Å²) in [6, 6.07) is 11.8. The Morgan fingerprint density at radius 1 is 1.05 bits per heavy atom. The maximum Gasteiger partial charge on any atom is 0.339 e. The minimum Gasteiger partial charge on any atom is -0.453 e. The summed E-state index contributed by atoms with van der Waals surface area (Å²) in [5, 5.41) is 1.46. The average Bonchev–Trinajstić information content (AvgIpc) is 2.42. The van der Waals surface area contributed by atoms with Crippen LogP contribution in [0.5, 0.6) is 11.5 Å². The highest BCUT2D eigenvalue weighted by molar-refractivity contribution is 6.37. The Balaban J connectivity index is 2.23. The molecular weight excluding hydrogens is 311 g/mol. The SMILES string of the molecule is Cc1cccc2oc(=O)cc(Oc3c(Cl)cccc3Cl)c12. The van der Waals surface area contributed by atoms with Gasteiger partial charge in [-0.15, -0.1) is 0 Å². The lowest BCUT2D eigenvalue weighted by molar-refractivity contribution is 0.475. The van der Waals surface area contributed by atoms with E-state index in [0.29, 0.717) is 32.5 Å². The van der Waals surface area contributed by atoms with Crippen molar-refractivity contribution in [2.24, 2.45) is 0 Å². The molecule has 0 N–H and O–H groups in total. The number of hydrogen-bond donors (Lipinski definition) is 0. The molecular formula is C16H10Cl2O3. The van der Waals surface area contributed by atoms with Gasteiger partial charge in [0.15, 0.2) is 5.75 Å². The molecule has 0 amide bonds. The van der Waals surface area contributed by atoms with Crippen LogP contribution in [-0.2, 0) is 0 Å². The van der Waals surface area contributed by atoms with Gasteiger partial charge in [0.1, 0.15) is 11.3 Å². The lowest BCUT2D eigenvalue weighted by Crippen LogP contribution is -2.00. The average molecular weight is 321 g/mol. The van der Waals surface area contributed by atoms with Crippen LogP contribution in [0, 0.1) is 6.92 Å². The van der Waals surface area contributed by atoms with Crippen LogP contribution >= 0.6 is 23.2 Å². The van der Waals surface area contributed by atoms with Crippen molar-refractivity contribution in [3.05, 3.63) is 68.5 Å². The molecule has 106 valence electrons. The third-order valence-corrected chi connectivity index (χ3v) is 3.67. The first kappa shape index (κ1) is 14.0. The first-order valence-corrected chi connectivity index (χ1v) is 6.97. The summed E-state index contributed by atoms with van der Waals surface area (Å²) >= 11 is 12.2. The molecule has 0 radical (unpaired) electrons. The zero-order valence-corrected chi connectivity index (χ0v) is 12.5. The molecule has 0 atom stereocenters. The number of hydrogen-bond acceptors (Lipinski definition) is 3. The van der Waals surface area contributed by atoms with Gasteiger partial charge in [-0.1, -0.05) is 41.4 Å². The van der Waals surface area contributed by atoms with Crippen molar-refractivity contribution in [2.75, 3.05) is 0 Å². The second kappa shape index (κ2) is 5.43. The zero-order chi connectivity index (χ0) is 15.0. The molecule has 1 heterocycles. The monoisotopic (exact) mass is 320 g/mol. The Kier molecular flexibility index (Phi) is 3.62. The molecule has 0 saturated heterocycles. The van der Waals surface area contributed by atoms with Crippen molar-refractivity contribution < 1.29 is 9.15 Å². The van der Waals surface area contributed by atoms with Crippen LogP contribution in [-0.4, -0.2) is 0 Å². The smallest absolute Gasteiger partial charge is 0.339 e. The fourth-order valence-corrected chi connectivity index (χ4v) is 2.60. The van der Waals surface area contributed by atoms with Crippen molar-refractivity contribution in [2.45, 2.75) is 6.92 Å². The summed E-state index contributed by atoms with van der Waals surface area (Å²) in [7, 11) is 0. The third-order valence-electron chi connectivity index (χ3n) is 3.07. The van der Waals surface area contributed by atoms with Gasteiger partial charge in [0.25, 0.3) is 0 Å². The molecule has 5 heteroatoms. The first-order valence-electron chi connectivity index (χ1n) is 6.21. The topological polar surface area (TPSA) is 39.4 Å². The molecule has 0 aliphatic carbocycles. The number of para-hydroxylation sites is 1. The molecule has 0 spiro atoms. The van der Waals surface area contributed by atoms with Crippen LogP contribution in [0.15, 0.2) is 51.7 Å². The Hall–Kier alpha value is -1.97. The number of benzene rings is 2. The van der Waals surface area contributed by atoms with Crippen LogP contribution in [0.3, 0.4) is 0 Å². The van der Waals surface area contributed by atoms with Crippen molar-refractivity contribution in [3.8, 4) is 11.5 Å². The van der Waals surface area contributed by atoms with E-state index in [-0.39, 0.29) is 0 Å². The molecule has 3 aromatic rings. The Morgan fingerprint density at radius 2 is 1.71 bits per heavy atom. The maximum absolute atomic E-state index is 11.7. The summed E-state index contributed by atoms with van der Waals surface area (Å²) in [5.41, 5.74) is 0.890. The predicted octanol–water partition coefficient (Wildman–Crippen LogP) is 5.20. The summed E-state index contributed by atoms with van der Waals surface area (Å²) in [6.07, 6.45) is 0. The molecule has 0 saturated carbocycles. The van der Waals surface area contributed by atoms with Crippen LogP contribution in [0.25, 0.3) is 11.0 Å². The van der Waals surface area contributed by atoms with Gasteiger partial charge >= 0.3 is 5.63 Å². The molecule has 3 nitrogen and oxygen atoms in total. The van der Waals surface area contributed by atoms with Gasteiger partial charge in [0.05, 0.1) is 21.5 Å². The van der Waals surface area contributed by atoms with E-state index in [9.17, 15) is 4.79 Å². The summed E-state index contributed by atoms with van der Waals surface area (Å²) < 4.78 is 11.0. The van der Waals surface area contributed by atoms with Crippen LogP contribution in [0.4, 0.5) is 0 Å². The fourth-order valence-electron chi connectivity index (χ4n) is 2.13. The normalized spacial score (nSPS) is 10.8. The van der Waals surface area contributed by atoms with E-state index in [2.05, 4.69) is 0 Å². The second-order valence-corrected chi connectivity index (χ2v) is 5.34. The largest absolute Gasteiger partial charge is 0.453 e. The van der Waals surface area contributed by atoms with Crippen LogP contribution in [0.2, 0.25) is 10.0 Å². The van der Waals surface area contributed by atoms with Gasteiger partial charge in [-0.2, -0.15) is 0 Å². The highest BCUT2D eigenvalue weighted by atomic mass is 35.5. The van der Waals surface area contributed by atoms with E-state index >= 15 is 0 Å². The van der Waals surface area contributed by atoms with E-state index in [0.717, 1.165) is 5.56 Å². The molecule has 3 rings (SSSR count). The molecule has 1 aromatic heterocycles. The highest BCUT2D eigenvalue weighted by Gasteiger charge is 2.13. The number of ether oxygens (including phenoxy) is 1. The Labute approximate surface area is 130 Å². The summed E-state index contributed by atoms with van der Waals surface area (Å²) in [5.74, 6) is 0.685. The molecule has 2 aromatic carbocycles. The Morgan fingerprint density at radius 3 is 2.43 bits per heavy atom. The molecule has 0 aliphatic rings. The quantitative estimate of drug-likeness (QED) is 0.609. The van der Waals surface area contributed by atoms with Crippen molar-refractivity contribution in [1.82, 2.24) is 0 Å². The molecule has 0 aliphatic heterocycles. The second-order valence-electron chi connectivity index (χ2n) is 4.53. The first-order chi connectivity index (χ1) is 10.1. The standard InChI is InChI=1S/C16H10Cl2O3/c1-9-4-2-7-12-15(9)13(8-14(19)20-12)21-16-10(17)5-3-6-11(16)18/h2-8H,1H3. The van der Waals surface area contributed by atoms with Gasteiger partial charge in [0.2, 0.25) is 0 Å². The molecule has 21 heavy (non-hydrogen) atoms. The molecule has 0 unspecified atom stereocenters. The van der Waals surface area contributed by atoms with Gasteiger partial charge in [0, 0.05) is 0 Å². The maximum atomic E-state index is 11.7. The third kappa shape index (κ3) is 2.62. The van der Waals surface area contributed by atoms with Crippen LogP contribution in [0.1, 0.15) is 5.56 Å². The lowest BCUT2D eigenvalue weighted by Gasteiger charge is -2.12. The van der Waals surface area contributed by atoms with Crippen molar-refractivity contribution >= 4 is 34.2 Å². The molecule has 0 fully saturated rings. The number of halogens is 2. The van der Waals surface area contributed by atoms with E-state index in [1.54, 1.807) is 24.3 Å². The van der Waals surface area contributed by atoms with Crippen molar-refractivity contribution in [3.63, 3.8) is 0 Å². The summed E-state index contributed by atoms with van der Waals surface area (Å²) in [4.78, 5) is 11.7. The van der Waals surface area contributed by atoms with Gasteiger partial charge < -0.3 is 9.15 Å². The van der Waals surface area contributed by atoms with E-state index in [1.807, 2.05) is 19.1 Å². The van der Waals surface area contributed by atoms with E-state index < -0.39 is 5.63 Å². The van der Waals surface area contributed by atoms with E-state index in [1.165, 1.54) is 6.07 Å². The van der Waals surface area contributed by atoms with Crippen molar-refractivity contribution in [1.29, 1.82) is 0 Å². The summed E-state index contributed by atoms with van der Waals surface area (Å²) in [6.45, 7) is 1.91. The van der Waals surface area contributed by atoms with Gasteiger partial charge in [-0.05, 0) is 30.7 Å². The van der Waals surface area contributed by atoms with E-state index in [4.69, 9.17) is 32.4 Å². The van der Waals surface area contributed by atoms with Crippen LogP contribution < -0.4 is 10.4 Å². The Bertz CT molecular complexity index is 864. The number of rotatable bonds is 2. The predicted molar refractivity (Wildman–Crippen MR) is 83.8 cm³/mol. The number of fused-ring (bicyclic) bond motifs is 1. The fraction of sp³-hybridized carbons (Fsp3) is 0.0625. The highest BCUT2D eigenvalue weighted by Crippen LogP contribution is 2.38. The number of aryl methyl sites for hydroxylation is 1. The van der Waals surface area contributed by atoms with Gasteiger partial charge in [-0.3, -0.25) is 0 Å². The lowest BCUT2D eigenvalue weighted by atomic mass is 10.1. The molecule has 0 bridgehead atoms. The zero-order valence-electron chi connectivity index (χ0n) is 11.0. The van der Waals surface area contributed by atoms with Gasteiger partial charge in [-0.25, -0.2) is 4.79 Å². The minimum absolute atomic E-state index is 0.316. The minimum atomic E-state index is -0.494.